The molecule has 0 amide bonds. The first-order chi connectivity index (χ1) is 9.72. The van der Waals surface area contributed by atoms with Crippen molar-refractivity contribution in [3.63, 3.8) is 0 Å². The lowest BCUT2D eigenvalue weighted by atomic mass is 10.2. The molecule has 0 spiro atoms. The second kappa shape index (κ2) is 5.51. The first kappa shape index (κ1) is 12.9. The minimum Gasteiger partial charge on any atom is -0.487 e. The Bertz CT molecular complexity index is 733. The fraction of sp³-hybridized carbons (Fsp3) is 0.0625. The summed E-state index contributed by atoms with van der Waals surface area (Å²) >= 11 is 3.43. The number of aromatic nitrogens is 1. The molecule has 0 aliphatic rings. The van der Waals surface area contributed by atoms with Crippen LogP contribution in [0.2, 0.25) is 0 Å². The highest BCUT2D eigenvalue weighted by Crippen LogP contribution is 2.25. The van der Waals surface area contributed by atoms with E-state index in [1.54, 1.807) is 6.20 Å². The lowest BCUT2D eigenvalue weighted by Crippen LogP contribution is -1.98. The van der Waals surface area contributed by atoms with Crippen molar-refractivity contribution in [2.75, 3.05) is 5.73 Å². The molecule has 0 saturated carbocycles. The Morgan fingerprint density at radius 2 is 1.95 bits per heavy atom. The molecule has 0 bridgehead atoms. The van der Waals surface area contributed by atoms with E-state index < -0.39 is 0 Å². The van der Waals surface area contributed by atoms with E-state index in [1.807, 2.05) is 48.5 Å². The second-order valence-electron chi connectivity index (χ2n) is 4.51. The number of nitrogen functional groups attached to an aromatic ring is 1. The maximum Gasteiger partial charge on any atom is 0.146 e. The number of hydrogen-bond acceptors (Lipinski definition) is 3. The number of ether oxygens (including phenoxy) is 1. The second-order valence-corrected chi connectivity index (χ2v) is 5.43. The standard InChI is InChI=1S/C16H13BrN2O/c17-13-7-11(8-14(18)9-13)10-20-15-5-1-3-12-4-2-6-19-16(12)15/h1-9H,10,18H2. The summed E-state index contributed by atoms with van der Waals surface area (Å²) < 4.78 is 6.83. The lowest BCUT2D eigenvalue weighted by Gasteiger charge is -2.09. The molecular weight excluding hydrogens is 316 g/mol. The Morgan fingerprint density at radius 1 is 1.10 bits per heavy atom. The predicted octanol–water partition coefficient (Wildman–Crippen LogP) is 4.16. The summed E-state index contributed by atoms with van der Waals surface area (Å²) in [5, 5.41) is 1.07. The molecule has 2 N–H and O–H groups in total. The van der Waals surface area contributed by atoms with E-state index in [1.165, 1.54) is 0 Å². The van der Waals surface area contributed by atoms with Gasteiger partial charge in [0.05, 0.1) is 0 Å². The van der Waals surface area contributed by atoms with Gasteiger partial charge in [0.25, 0.3) is 0 Å². The van der Waals surface area contributed by atoms with Gasteiger partial charge in [-0.3, -0.25) is 4.98 Å². The van der Waals surface area contributed by atoms with Crippen molar-refractivity contribution >= 4 is 32.5 Å². The van der Waals surface area contributed by atoms with Crippen molar-refractivity contribution in [1.29, 1.82) is 0 Å². The number of nitrogens with two attached hydrogens (primary N) is 1. The minimum absolute atomic E-state index is 0.458. The van der Waals surface area contributed by atoms with Gasteiger partial charge in [-0.2, -0.15) is 0 Å². The van der Waals surface area contributed by atoms with Gasteiger partial charge in [0, 0.05) is 21.7 Å². The molecular formula is C16H13BrN2O. The Labute approximate surface area is 125 Å². The Kier molecular flexibility index (Phi) is 3.56. The van der Waals surface area contributed by atoms with Crippen LogP contribution in [0.15, 0.2) is 59.2 Å². The Morgan fingerprint density at radius 3 is 2.80 bits per heavy atom. The van der Waals surface area contributed by atoms with Crippen molar-refractivity contribution in [2.24, 2.45) is 0 Å². The van der Waals surface area contributed by atoms with E-state index in [4.69, 9.17) is 10.5 Å². The van der Waals surface area contributed by atoms with Gasteiger partial charge >= 0.3 is 0 Å². The van der Waals surface area contributed by atoms with Gasteiger partial charge in [0.2, 0.25) is 0 Å². The topological polar surface area (TPSA) is 48.1 Å². The lowest BCUT2D eigenvalue weighted by molar-refractivity contribution is 0.309. The smallest absolute Gasteiger partial charge is 0.146 e. The summed E-state index contributed by atoms with van der Waals surface area (Å²) in [4.78, 5) is 4.37. The highest BCUT2D eigenvalue weighted by Gasteiger charge is 2.04. The summed E-state index contributed by atoms with van der Waals surface area (Å²) in [6, 6.07) is 15.6. The molecule has 0 aliphatic carbocycles. The number of nitrogens with zero attached hydrogens (tertiary/aromatic N) is 1. The predicted molar refractivity (Wildman–Crippen MR) is 84.6 cm³/mol. The molecule has 3 nitrogen and oxygen atoms in total. The van der Waals surface area contributed by atoms with Crippen LogP contribution in [-0.4, -0.2) is 4.98 Å². The molecule has 4 heteroatoms. The highest BCUT2D eigenvalue weighted by molar-refractivity contribution is 9.10. The van der Waals surface area contributed by atoms with Gasteiger partial charge in [0.1, 0.15) is 17.9 Å². The van der Waals surface area contributed by atoms with E-state index >= 15 is 0 Å². The largest absolute Gasteiger partial charge is 0.487 e. The molecule has 100 valence electrons. The zero-order valence-corrected chi connectivity index (χ0v) is 12.3. The van der Waals surface area contributed by atoms with Gasteiger partial charge in [-0.25, -0.2) is 0 Å². The number of rotatable bonds is 3. The SMILES string of the molecule is Nc1cc(Br)cc(COc2cccc3cccnc23)c1. The first-order valence-corrected chi connectivity index (χ1v) is 7.03. The Hall–Kier alpha value is -2.07. The fourth-order valence-electron chi connectivity index (χ4n) is 2.11. The quantitative estimate of drug-likeness (QED) is 0.734. The summed E-state index contributed by atoms with van der Waals surface area (Å²) in [6.07, 6.45) is 1.77. The van der Waals surface area contributed by atoms with Crippen LogP contribution in [0.25, 0.3) is 10.9 Å². The zero-order valence-electron chi connectivity index (χ0n) is 10.7. The van der Waals surface area contributed by atoms with Gasteiger partial charge in [-0.15, -0.1) is 0 Å². The first-order valence-electron chi connectivity index (χ1n) is 6.24. The molecule has 3 aromatic rings. The highest BCUT2D eigenvalue weighted by atomic mass is 79.9. The third-order valence-corrected chi connectivity index (χ3v) is 3.43. The zero-order chi connectivity index (χ0) is 13.9. The van der Waals surface area contributed by atoms with Crippen LogP contribution >= 0.6 is 15.9 Å². The normalized spacial score (nSPS) is 10.7. The van der Waals surface area contributed by atoms with Crippen LogP contribution in [0.5, 0.6) is 5.75 Å². The summed E-state index contributed by atoms with van der Waals surface area (Å²) in [5.74, 6) is 0.779. The van der Waals surface area contributed by atoms with Gasteiger partial charge < -0.3 is 10.5 Å². The number of benzene rings is 2. The molecule has 0 unspecified atom stereocenters. The molecule has 0 saturated heterocycles. The minimum atomic E-state index is 0.458. The van der Waals surface area contributed by atoms with Gasteiger partial charge in [-0.1, -0.05) is 34.1 Å². The molecule has 3 rings (SSSR count). The molecule has 1 heterocycles. The van der Waals surface area contributed by atoms with Crippen molar-refractivity contribution in [1.82, 2.24) is 4.98 Å². The third kappa shape index (κ3) is 2.75. The van der Waals surface area contributed by atoms with E-state index in [-0.39, 0.29) is 0 Å². The average molecular weight is 329 g/mol. The maximum absolute atomic E-state index is 5.88. The van der Waals surface area contributed by atoms with E-state index in [0.29, 0.717) is 12.3 Å². The number of pyridine rings is 1. The fourth-order valence-corrected chi connectivity index (χ4v) is 2.67. The van der Waals surface area contributed by atoms with Crippen LogP contribution in [0.4, 0.5) is 5.69 Å². The van der Waals surface area contributed by atoms with Crippen molar-refractivity contribution < 1.29 is 4.74 Å². The van der Waals surface area contributed by atoms with Crippen LogP contribution in [0.1, 0.15) is 5.56 Å². The molecule has 20 heavy (non-hydrogen) atoms. The van der Waals surface area contributed by atoms with Crippen LogP contribution in [0, 0.1) is 0 Å². The van der Waals surface area contributed by atoms with Crippen LogP contribution in [0.3, 0.4) is 0 Å². The van der Waals surface area contributed by atoms with Crippen molar-refractivity contribution in [2.45, 2.75) is 6.61 Å². The van der Waals surface area contributed by atoms with E-state index in [2.05, 4.69) is 20.9 Å². The van der Waals surface area contributed by atoms with Gasteiger partial charge in [0.15, 0.2) is 0 Å². The number of anilines is 1. The van der Waals surface area contributed by atoms with Crippen molar-refractivity contribution in [3.8, 4) is 5.75 Å². The Balaban J connectivity index is 1.87. The number of para-hydroxylation sites is 1. The summed E-state index contributed by atoms with van der Waals surface area (Å²) in [7, 11) is 0. The monoisotopic (exact) mass is 328 g/mol. The molecule has 0 radical (unpaired) electrons. The summed E-state index contributed by atoms with van der Waals surface area (Å²) in [5.41, 5.74) is 8.43. The number of halogens is 1. The molecule has 1 aromatic heterocycles. The third-order valence-electron chi connectivity index (χ3n) is 2.97. The molecule has 0 aliphatic heterocycles. The summed E-state index contributed by atoms with van der Waals surface area (Å²) in [6.45, 7) is 0.458. The number of hydrogen-bond donors (Lipinski definition) is 1. The average Bonchev–Trinajstić information content (AvgIpc) is 2.44. The maximum atomic E-state index is 5.88. The molecule has 0 atom stereocenters. The van der Waals surface area contributed by atoms with E-state index in [0.717, 1.165) is 26.7 Å². The van der Waals surface area contributed by atoms with E-state index in [9.17, 15) is 0 Å². The van der Waals surface area contributed by atoms with Crippen molar-refractivity contribution in [3.05, 3.63) is 64.8 Å². The van der Waals surface area contributed by atoms with Gasteiger partial charge in [-0.05, 0) is 35.9 Å². The molecule has 2 aromatic carbocycles. The van der Waals surface area contributed by atoms with Crippen LogP contribution < -0.4 is 10.5 Å². The number of fused-ring (bicyclic) bond motifs is 1. The molecule has 0 fully saturated rings. The van der Waals surface area contributed by atoms with Crippen LogP contribution in [-0.2, 0) is 6.61 Å².